The maximum Gasteiger partial charge on any atom is 0.263 e. The number of fused-ring (bicyclic) bond motifs is 3. The van der Waals surface area contributed by atoms with Crippen LogP contribution in [0.5, 0.6) is 0 Å². The Morgan fingerprint density at radius 2 is 1.79 bits per heavy atom. The number of amidine groups is 2. The number of anilines is 1. The smallest absolute Gasteiger partial charge is 0.263 e. The van der Waals surface area contributed by atoms with Crippen LogP contribution in [0.2, 0.25) is 0 Å². The number of nitrogens with zero attached hydrogens (tertiary/aromatic N) is 3. The molecule has 6 nitrogen and oxygen atoms in total. The Bertz CT molecular complexity index is 1320. The van der Waals surface area contributed by atoms with Crippen LogP contribution in [0.25, 0.3) is 0 Å². The molecule has 2 aliphatic rings. The summed E-state index contributed by atoms with van der Waals surface area (Å²) in [5, 5.41) is 3.42. The summed E-state index contributed by atoms with van der Waals surface area (Å²) in [6, 6.07) is 22.4. The number of thioether (sulfide) groups is 1. The van der Waals surface area contributed by atoms with E-state index in [0.717, 1.165) is 33.6 Å². The van der Waals surface area contributed by atoms with E-state index in [1.807, 2.05) is 86.6 Å². The average molecular weight is 455 g/mol. The van der Waals surface area contributed by atoms with Crippen LogP contribution < -0.4 is 5.32 Å². The van der Waals surface area contributed by atoms with E-state index in [0.29, 0.717) is 11.0 Å². The third-order valence-corrected chi connectivity index (χ3v) is 6.51. The number of amides is 2. The Kier molecular flexibility index (Phi) is 5.56. The SMILES string of the molecule is Cc1ccc(NC(=O)CSC2=Nc3ccccc3C3=N[C@H](c4ccccc4)C(=O)N23)c(C)c1. The number of carbonyl (C=O) groups is 2. The first kappa shape index (κ1) is 21.2. The molecule has 0 spiro atoms. The van der Waals surface area contributed by atoms with Crippen molar-refractivity contribution in [2.75, 3.05) is 11.1 Å². The number of hydrogen-bond donors (Lipinski definition) is 1. The number of carbonyl (C=O) groups excluding carboxylic acids is 2. The van der Waals surface area contributed by atoms with Crippen LogP contribution >= 0.6 is 11.8 Å². The van der Waals surface area contributed by atoms with Crippen molar-refractivity contribution in [2.45, 2.75) is 19.9 Å². The topological polar surface area (TPSA) is 74.1 Å². The highest BCUT2D eigenvalue weighted by Crippen LogP contribution is 2.37. The lowest BCUT2D eigenvalue weighted by molar-refractivity contribution is -0.124. The van der Waals surface area contributed by atoms with Gasteiger partial charge in [-0.15, -0.1) is 0 Å². The summed E-state index contributed by atoms with van der Waals surface area (Å²) in [6.07, 6.45) is 0. The minimum absolute atomic E-state index is 0.126. The first-order valence-electron chi connectivity index (χ1n) is 10.7. The fourth-order valence-corrected chi connectivity index (χ4v) is 4.77. The van der Waals surface area contributed by atoms with E-state index < -0.39 is 6.04 Å². The van der Waals surface area contributed by atoms with E-state index in [-0.39, 0.29) is 17.6 Å². The Morgan fingerprint density at radius 1 is 1.03 bits per heavy atom. The fraction of sp³-hybridized carbons (Fsp3) is 0.154. The number of aryl methyl sites for hydroxylation is 2. The highest BCUT2D eigenvalue weighted by atomic mass is 32.2. The molecule has 0 saturated carbocycles. The predicted molar refractivity (Wildman–Crippen MR) is 133 cm³/mol. The minimum atomic E-state index is -0.623. The molecule has 5 rings (SSSR count). The molecule has 0 saturated heterocycles. The van der Waals surface area contributed by atoms with Crippen LogP contribution in [0.1, 0.15) is 28.3 Å². The lowest BCUT2D eigenvalue weighted by Gasteiger charge is -2.25. The van der Waals surface area contributed by atoms with Crippen molar-refractivity contribution in [3.8, 4) is 0 Å². The molecule has 0 aliphatic carbocycles. The first-order valence-corrected chi connectivity index (χ1v) is 11.6. The van der Waals surface area contributed by atoms with Crippen LogP contribution in [0.3, 0.4) is 0 Å². The maximum absolute atomic E-state index is 13.4. The van der Waals surface area contributed by atoms with Gasteiger partial charge in [-0.25, -0.2) is 14.9 Å². The van der Waals surface area contributed by atoms with Crippen molar-refractivity contribution in [1.82, 2.24) is 4.90 Å². The quantitative estimate of drug-likeness (QED) is 0.602. The molecule has 3 aromatic rings. The second kappa shape index (κ2) is 8.67. The van der Waals surface area contributed by atoms with Gasteiger partial charge in [0.15, 0.2) is 11.2 Å². The Hall–Kier alpha value is -3.71. The van der Waals surface area contributed by atoms with Gasteiger partial charge in [-0.3, -0.25) is 9.59 Å². The first-order chi connectivity index (χ1) is 16.0. The van der Waals surface area contributed by atoms with Crippen molar-refractivity contribution < 1.29 is 9.59 Å². The number of nitrogens with one attached hydrogen (secondary N) is 1. The van der Waals surface area contributed by atoms with Crippen LogP contribution in [0.15, 0.2) is 82.8 Å². The summed E-state index contributed by atoms with van der Waals surface area (Å²) in [5.74, 6) is 0.392. The van der Waals surface area contributed by atoms with Crippen LogP contribution in [-0.2, 0) is 9.59 Å². The number of benzene rings is 3. The number of hydrogen-bond acceptors (Lipinski definition) is 5. The standard InChI is InChI=1S/C26H22N4O2S/c1-16-12-13-20(17(2)14-16)27-22(31)15-33-26-28-21-11-7-6-10-19(21)24-29-23(25(32)30(24)26)18-8-4-3-5-9-18/h3-14,23H,15H2,1-2H3,(H,27,31)/t23-/m1/s1. The zero-order valence-electron chi connectivity index (χ0n) is 18.3. The van der Waals surface area contributed by atoms with Gasteiger partial charge < -0.3 is 5.32 Å². The zero-order valence-corrected chi connectivity index (χ0v) is 19.1. The largest absolute Gasteiger partial charge is 0.325 e. The molecule has 2 aliphatic heterocycles. The minimum Gasteiger partial charge on any atom is -0.325 e. The molecule has 0 bridgehead atoms. The summed E-state index contributed by atoms with van der Waals surface area (Å²) < 4.78 is 0. The molecule has 33 heavy (non-hydrogen) atoms. The molecule has 0 unspecified atom stereocenters. The lowest BCUT2D eigenvalue weighted by Crippen LogP contribution is -2.40. The summed E-state index contributed by atoms with van der Waals surface area (Å²) in [6.45, 7) is 3.98. The van der Waals surface area contributed by atoms with E-state index in [1.54, 1.807) is 4.90 Å². The fourth-order valence-electron chi connectivity index (χ4n) is 3.97. The highest BCUT2D eigenvalue weighted by molar-refractivity contribution is 8.14. The lowest BCUT2D eigenvalue weighted by atomic mass is 10.1. The maximum atomic E-state index is 13.4. The van der Waals surface area contributed by atoms with Crippen molar-refractivity contribution >= 4 is 46.0 Å². The van der Waals surface area contributed by atoms with E-state index >= 15 is 0 Å². The van der Waals surface area contributed by atoms with E-state index in [2.05, 4.69) is 5.32 Å². The molecular formula is C26H22N4O2S. The van der Waals surface area contributed by atoms with Crippen molar-refractivity contribution in [1.29, 1.82) is 0 Å². The van der Waals surface area contributed by atoms with Crippen molar-refractivity contribution in [3.05, 3.63) is 95.1 Å². The second-order valence-corrected chi connectivity index (χ2v) is 8.95. The van der Waals surface area contributed by atoms with Crippen LogP contribution in [0, 0.1) is 13.8 Å². The molecule has 0 fully saturated rings. The Balaban J connectivity index is 1.40. The van der Waals surface area contributed by atoms with Crippen molar-refractivity contribution in [3.63, 3.8) is 0 Å². The average Bonchev–Trinajstić information content (AvgIpc) is 3.17. The summed E-state index contributed by atoms with van der Waals surface area (Å²) in [7, 11) is 0. The molecular weight excluding hydrogens is 432 g/mol. The van der Waals surface area contributed by atoms with Gasteiger partial charge >= 0.3 is 0 Å². The Labute approximate surface area is 196 Å². The highest BCUT2D eigenvalue weighted by Gasteiger charge is 2.42. The van der Waals surface area contributed by atoms with Crippen LogP contribution in [0.4, 0.5) is 11.4 Å². The van der Waals surface area contributed by atoms with Gasteiger partial charge in [0, 0.05) is 11.3 Å². The summed E-state index contributed by atoms with van der Waals surface area (Å²) >= 11 is 1.24. The normalized spacial score (nSPS) is 16.6. The molecule has 7 heteroatoms. The number of rotatable bonds is 4. The molecule has 164 valence electrons. The van der Waals surface area contributed by atoms with E-state index in [9.17, 15) is 9.59 Å². The summed E-state index contributed by atoms with van der Waals surface area (Å²) in [5.41, 5.74) is 5.32. The van der Waals surface area contributed by atoms with Crippen LogP contribution in [-0.4, -0.2) is 33.5 Å². The second-order valence-electron chi connectivity index (χ2n) is 8.01. The van der Waals surface area contributed by atoms with Gasteiger partial charge in [0.1, 0.15) is 5.84 Å². The molecule has 2 amide bonds. The molecule has 0 radical (unpaired) electrons. The van der Waals surface area contributed by atoms with Gasteiger partial charge in [-0.05, 0) is 43.2 Å². The third kappa shape index (κ3) is 4.07. The van der Waals surface area contributed by atoms with E-state index in [1.165, 1.54) is 11.8 Å². The molecule has 0 aromatic heterocycles. The molecule has 2 heterocycles. The molecule has 1 atom stereocenters. The van der Waals surface area contributed by atoms with E-state index in [4.69, 9.17) is 9.98 Å². The van der Waals surface area contributed by atoms with Gasteiger partial charge in [0.2, 0.25) is 5.91 Å². The number of para-hydroxylation sites is 1. The van der Waals surface area contributed by atoms with Gasteiger partial charge in [-0.1, -0.05) is 71.9 Å². The predicted octanol–water partition coefficient (Wildman–Crippen LogP) is 5.01. The van der Waals surface area contributed by atoms with Gasteiger partial charge in [0.25, 0.3) is 5.91 Å². The van der Waals surface area contributed by atoms with Gasteiger partial charge in [0.05, 0.1) is 11.4 Å². The van der Waals surface area contributed by atoms with Gasteiger partial charge in [-0.2, -0.15) is 0 Å². The third-order valence-electron chi connectivity index (χ3n) is 5.57. The van der Waals surface area contributed by atoms with Crippen molar-refractivity contribution in [2.24, 2.45) is 9.98 Å². The zero-order chi connectivity index (χ0) is 22.9. The number of aliphatic imine (C=N–C) groups is 2. The summed E-state index contributed by atoms with van der Waals surface area (Å²) in [4.78, 5) is 37.1. The molecule has 1 N–H and O–H groups in total. The molecule has 3 aromatic carbocycles. The Morgan fingerprint density at radius 3 is 2.58 bits per heavy atom. The monoisotopic (exact) mass is 454 g/mol.